The molecule has 0 saturated heterocycles. The molecule has 3 aromatic carbocycles. The average Bonchev–Trinajstić information content (AvgIpc) is 2.81. The Morgan fingerprint density at radius 2 is 1.69 bits per heavy atom. The molecule has 0 saturated carbocycles. The largest absolute Gasteiger partial charge is 0.508 e. The number of rotatable bonds is 7. The first-order chi connectivity index (χ1) is 16.6. The molecule has 3 aromatic rings. The molecular weight excluding hydrogens is 446 g/mol. The zero-order valence-electron chi connectivity index (χ0n) is 20.5. The zero-order valence-corrected chi connectivity index (χ0v) is 20.5. The number of nitro benzene ring substituents is 1. The zero-order chi connectivity index (χ0) is 25.3. The topological polar surface area (TPSA) is 91.1 Å². The third-order valence-electron chi connectivity index (χ3n) is 6.25. The predicted molar refractivity (Wildman–Crippen MR) is 135 cm³/mol. The molecule has 0 aromatic heterocycles. The fraction of sp³-hybridized carbons (Fsp3) is 0.286. The summed E-state index contributed by atoms with van der Waals surface area (Å²) in [5.74, 6) is 1.36. The lowest BCUT2D eigenvalue weighted by Gasteiger charge is -2.31. The molecule has 0 unspecified atom stereocenters. The minimum absolute atomic E-state index is 0.0240. The van der Waals surface area contributed by atoms with Crippen LogP contribution in [0.3, 0.4) is 0 Å². The minimum atomic E-state index is -0.460. The summed E-state index contributed by atoms with van der Waals surface area (Å²) in [7, 11) is 3.06. The molecule has 0 heterocycles. The summed E-state index contributed by atoms with van der Waals surface area (Å²) in [4.78, 5) is 10.9. The molecule has 0 radical (unpaired) electrons. The summed E-state index contributed by atoms with van der Waals surface area (Å²) in [6.45, 7) is 6.67. The van der Waals surface area contributed by atoms with Crippen LogP contribution in [0.4, 0.5) is 5.69 Å². The Labute approximate surface area is 204 Å². The summed E-state index contributed by atoms with van der Waals surface area (Å²) in [6, 6.07) is 13.5. The molecule has 182 valence electrons. The number of nitrogens with zero attached hydrogens (tertiary/aromatic N) is 1. The third kappa shape index (κ3) is 4.80. The second-order valence-electron chi connectivity index (χ2n) is 9.38. The van der Waals surface area contributed by atoms with Gasteiger partial charge >= 0.3 is 0 Å². The normalized spacial score (nSPS) is 14.0. The fourth-order valence-electron chi connectivity index (χ4n) is 4.88. The van der Waals surface area contributed by atoms with Gasteiger partial charge in [0.1, 0.15) is 18.1 Å². The quantitative estimate of drug-likeness (QED) is 0.308. The number of methoxy groups -OCH3 is 2. The van der Waals surface area contributed by atoms with Crippen molar-refractivity contribution in [2.75, 3.05) is 14.2 Å². The van der Waals surface area contributed by atoms with Gasteiger partial charge in [0.05, 0.1) is 25.2 Å². The fourth-order valence-corrected chi connectivity index (χ4v) is 4.88. The number of phenolic OH excluding ortho intramolecular Hbond substituents is 1. The second-order valence-corrected chi connectivity index (χ2v) is 9.38. The highest BCUT2D eigenvalue weighted by molar-refractivity contribution is 5.82. The van der Waals surface area contributed by atoms with Crippen LogP contribution in [0.15, 0.2) is 54.6 Å². The Balaban J connectivity index is 1.87. The van der Waals surface area contributed by atoms with Crippen molar-refractivity contribution in [1.82, 2.24) is 0 Å². The van der Waals surface area contributed by atoms with E-state index in [-0.39, 0.29) is 23.5 Å². The van der Waals surface area contributed by atoms with Crippen molar-refractivity contribution in [3.05, 3.63) is 81.4 Å². The van der Waals surface area contributed by atoms with Gasteiger partial charge in [-0.15, -0.1) is 0 Å². The maximum Gasteiger partial charge on any atom is 0.273 e. The molecule has 35 heavy (non-hydrogen) atoms. The van der Waals surface area contributed by atoms with Crippen LogP contribution < -0.4 is 14.2 Å². The lowest BCUT2D eigenvalue weighted by molar-refractivity contribution is -0.385. The van der Waals surface area contributed by atoms with Crippen molar-refractivity contribution in [2.24, 2.45) is 5.41 Å². The van der Waals surface area contributed by atoms with Gasteiger partial charge in [-0.3, -0.25) is 10.1 Å². The number of aromatic hydroxyl groups is 1. The van der Waals surface area contributed by atoms with Gasteiger partial charge in [0.2, 0.25) is 0 Å². The maximum absolute atomic E-state index is 11.3. The monoisotopic (exact) mass is 475 g/mol. The van der Waals surface area contributed by atoms with Gasteiger partial charge in [-0.1, -0.05) is 32.1 Å². The molecule has 0 fully saturated rings. The summed E-state index contributed by atoms with van der Waals surface area (Å²) >= 11 is 0. The molecule has 1 aliphatic rings. The van der Waals surface area contributed by atoms with E-state index in [1.54, 1.807) is 19.2 Å². The van der Waals surface area contributed by atoms with E-state index in [4.69, 9.17) is 14.2 Å². The molecule has 0 bridgehead atoms. The first kappa shape index (κ1) is 24.1. The highest BCUT2D eigenvalue weighted by Crippen LogP contribution is 2.44. The van der Waals surface area contributed by atoms with Gasteiger partial charge in [0.15, 0.2) is 11.5 Å². The number of benzene rings is 3. The Morgan fingerprint density at radius 3 is 2.37 bits per heavy atom. The van der Waals surface area contributed by atoms with E-state index in [0.29, 0.717) is 17.2 Å². The molecule has 0 amide bonds. The Morgan fingerprint density at radius 1 is 0.971 bits per heavy atom. The van der Waals surface area contributed by atoms with Crippen LogP contribution in [-0.4, -0.2) is 24.2 Å². The van der Waals surface area contributed by atoms with E-state index < -0.39 is 4.92 Å². The van der Waals surface area contributed by atoms with Crippen molar-refractivity contribution < 1.29 is 24.2 Å². The molecule has 0 spiro atoms. The highest BCUT2D eigenvalue weighted by atomic mass is 16.6. The summed E-state index contributed by atoms with van der Waals surface area (Å²) < 4.78 is 17.1. The van der Waals surface area contributed by atoms with Crippen LogP contribution in [-0.2, 0) is 13.0 Å². The minimum Gasteiger partial charge on any atom is -0.508 e. The van der Waals surface area contributed by atoms with Crippen molar-refractivity contribution in [3.8, 4) is 34.1 Å². The van der Waals surface area contributed by atoms with Crippen LogP contribution in [0.2, 0.25) is 0 Å². The molecule has 0 aliphatic heterocycles. The maximum atomic E-state index is 11.3. The lowest BCUT2D eigenvalue weighted by atomic mass is 9.74. The highest BCUT2D eigenvalue weighted by Gasteiger charge is 2.28. The lowest BCUT2D eigenvalue weighted by Crippen LogP contribution is -2.19. The summed E-state index contributed by atoms with van der Waals surface area (Å²) in [5, 5.41) is 21.3. The van der Waals surface area contributed by atoms with E-state index in [2.05, 4.69) is 32.9 Å². The molecule has 1 N–H and O–H groups in total. The van der Waals surface area contributed by atoms with Crippen LogP contribution in [0.1, 0.15) is 37.5 Å². The SMILES string of the molecule is COc1ccc([N+](=O)[O-])cc1OCc1c(-c2ccc(O)cc2OC)ccc2c1C(C)=CC(C)(C)C2. The van der Waals surface area contributed by atoms with Gasteiger partial charge in [-0.2, -0.15) is 0 Å². The van der Waals surface area contributed by atoms with E-state index in [9.17, 15) is 15.2 Å². The van der Waals surface area contributed by atoms with Crippen molar-refractivity contribution >= 4 is 11.3 Å². The number of allylic oxidation sites excluding steroid dienone is 2. The van der Waals surface area contributed by atoms with Gasteiger partial charge < -0.3 is 19.3 Å². The second kappa shape index (κ2) is 9.33. The summed E-state index contributed by atoms with van der Waals surface area (Å²) in [5.41, 5.74) is 6.05. The Hall–Kier alpha value is -4.00. The van der Waals surface area contributed by atoms with E-state index >= 15 is 0 Å². The Kier molecular flexibility index (Phi) is 6.43. The van der Waals surface area contributed by atoms with E-state index in [0.717, 1.165) is 34.2 Å². The number of hydrogen-bond acceptors (Lipinski definition) is 6. The van der Waals surface area contributed by atoms with Gasteiger partial charge in [0, 0.05) is 23.3 Å². The van der Waals surface area contributed by atoms with Crippen molar-refractivity contribution in [3.63, 3.8) is 0 Å². The van der Waals surface area contributed by atoms with Crippen molar-refractivity contribution in [1.29, 1.82) is 0 Å². The molecular formula is C28H29NO6. The number of hydrogen-bond donors (Lipinski definition) is 1. The molecule has 7 heteroatoms. The number of nitro groups is 1. The van der Waals surface area contributed by atoms with Crippen molar-refractivity contribution in [2.45, 2.75) is 33.8 Å². The first-order valence-corrected chi connectivity index (χ1v) is 11.3. The van der Waals surface area contributed by atoms with Gasteiger partial charge in [0.25, 0.3) is 5.69 Å². The van der Waals surface area contributed by atoms with Gasteiger partial charge in [-0.05, 0) is 59.2 Å². The van der Waals surface area contributed by atoms with Crippen LogP contribution in [0.25, 0.3) is 16.7 Å². The average molecular weight is 476 g/mol. The van der Waals surface area contributed by atoms with E-state index in [1.165, 1.54) is 30.9 Å². The number of ether oxygens (including phenoxy) is 3. The number of phenols is 1. The number of fused-ring (bicyclic) bond motifs is 1. The third-order valence-corrected chi connectivity index (χ3v) is 6.25. The van der Waals surface area contributed by atoms with E-state index in [1.807, 2.05) is 12.1 Å². The van der Waals surface area contributed by atoms with Gasteiger partial charge in [-0.25, -0.2) is 0 Å². The molecule has 1 aliphatic carbocycles. The smallest absolute Gasteiger partial charge is 0.273 e. The standard InChI is InChI=1S/C28H29NO6/c1-17-14-28(2,3)15-18-6-9-21(22-10-8-20(30)13-25(22)34-5)23(27(17)18)16-35-26-12-19(29(31)32)7-11-24(26)33-4/h6-14,30H,15-16H2,1-5H3. The van der Waals surface area contributed by atoms with Crippen LogP contribution in [0, 0.1) is 15.5 Å². The predicted octanol–water partition coefficient (Wildman–Crippen LogP) is 6.55. The Bertz CT molecular complexity index is 1330. The summed E-state index contributed by atoms with van der Waals surface area (Å²) in [6.07, 6.45) is 3.14. The van der Waals surface area contributed by atoms with Crippen LogP contribution in [0.5, 0.6) is 23.0 Å². The first-order valence-electron chi connectivity index (χ1n) is 11.3. The molecule has 7 nitrogen and oxygen atoms in total. The molecule has 0 atom stereocenters. The molecule has 4 rings (SSSR count). The number of non-ortho nitro benzene ring substituents is 1. The van der Waals surface area contributed by atoms with Crippen LogP contribution >= 0.6 is 0 Å².